The van der Waals surface area contributed by atoms with Crippen LogP contribution in [0.15, 0.2) is 36.3 Å². The Bertz CT molecular complexity index is 595. The lowest BCUT2D eigenvalue weighted by Crippen LogP contribution is -2.40. The van der Waals surface area contributed by atoms with Gasteiger partial charge in [0.2, 0.25) is 6.04 Å². The van der Waals surface area contributed by atoms with Crippen molar-refractivity contribution in [1.29, 1.82) is 0 Å². The fourth-order valence-corrected chi connectivity index (χ4v) is 3.38. The van der Waals surface area contributed by atoms with E-state index in [2.05, 4.69) is 13.2 Å². The molecule has 0 aromatic carbocycles. The van der Waals surface area contributed by atoms with E-state index in [9.17, 15) is 14.9 Å². The first-order valence-electron chi connectivity index (χ1n) is 9.61. The number of allylic oxidation sites excluding steroid dienone is 3. The molecule has 6 nitrogen and oxygen atoms in total. The molecule has 1 rings (SSSR count). The van der Waals surface area contributed by atoms with Crippen LogP contribution in [-0.2, 0) is 14.3 Å². The standard InChI is InChI=1S/C21H33NO5/c1-7-18(23)11-9-14(2)8-10-16(4)27-17(5)19-13-21(26-6)15(3)12-20(19)22(24)25/h13,15,17,19-20H,2,4,7-12H2,1,3,5-6H3. The maximum atomic E-state index is 11.5. The summed E-state index contributed by atoms with van der Waals surface area (Å²) < 4.78 is 11.3. The molecule has 1 aliphatic rings. The minimum atomic E-state index is -0.697. The molecule has 0 spiro atoms. The van der Waals surface area contributed by atoms with Gasteiger partial charge >= 0.3 is 0 Å². The molecule has 152 valence electrons. The second kappa shape index (κ2) is 10.9. The Hall–Kier alpha value is -2.11. The number of carbonyl (C=O) groups is 1. The van der Waals surface area contributed by atoms with Gasteiger partial charge in [-0.25, -0.2) is 0 Å². The Morgan fingerprint density at radius 3 is 2.52 bits per heavy atom. The number of hydrogen-bond donors (Lipinski definition) is 0. The third-order valence-corrected chi connectivity index (χ3v) is 5.19. The number of nitrogens with zero attached hydrogens (tertiary/aromatic N) is 1. The van der Waals surface area contributed by atoms with E-state index in [-0.39, 0.29) is 28.6 Å². The zero-order valence-electron chi connectivity index (χ0n) is 17.0. The van der Waals surface area contributed by atoms with Crippen molar-refractivity contribution in [3.63, 3.8) is 0 Å². The Labute approximate surface area is 162 Å². The predicted octanol–water partition coefficient (Wildman–Crippen LogP) is 4.83. The zero-order chi connectivity index (χ0) is 20.6. The first-order valence-corrected chi connectivity index (χ1v) is 9.61. The van der Waals surface area contributed by atoms with Crippen molar-refractivity contribution in [2.75, 3.05) is 7.11 Å². The molecule has 4 atom stereocenters. The molecule has 0 radical (unpaired) electrons. The van der Waals surface area contributed by atoms with Gasteiger partial charge in [0.05, 0.1) is 24.5 Å². The lowest BCUT2D eigenvalue weighted by molar-refractivity contribution is -0.535. The number of carbonyl (C=O) groups excluding carboxylic acids is 1. The highest BCUT2D eigenvalue weighted by Crippen LogP contribution is 2.34. The van der Waals surface area contributed by atoms with E-state index < -0.39 is 6.04 Å². The molecule has 0 bridgehead atoms. The number of ether oxygens (including phenoxy) is 2. The van der Waals surface area contributed by atoms with Crippen molar-refractivity contribution >= 4 is 5.78 Å². The Morgan fingerprint density at radius 1 is 1.33 bits per heavy atom. The summed E-state index contributed by atoms with van der Waals surface area (Å²) >= 11 is 0. The predicted molar refractivity (Wildman–Crippen MR) is 106 cm³/mol. The van der Waals surface area contributed by atoms with E-state index in [1.807, 2.05) is 26.8 Å². The van der Waals surface area contributed by atoms with Crippen LogP contribution in [-0.4, -0.2) is 30.0 Å². The molecule has 0 heterocycles. The summed E-state index contributed by atoms with van der Waals surface area (Å²) in [6.07, 6.45) is 4.93. The monoisotopic (exact) mass is 379 g/mol. The summed E-state index contributed by atoms with van der Waals surface area (Å²) in [6.45, 7) is 13.6. The topological polar surface area (TPSA) is 78.7 Å². The normalized spacial score (nSPS) is 23.1. The van der Waals surface area contributed by atoms with Gasteiger partial charge in [0.15, 0.2) is 0 Å². The highest BCUT2D eigenvalue weighted by molar-refractivity contribution is 5.78. The zero-order valence-corrected chi connectivity index (χ0v) is 17.0. The van der Waals surface area contributed by atoms with Gasteiger partial charge in [-0.05, 0) is 25.8 Å². The molecular formula is C21H33NO5. The van der Waals surface area contributed by atoms with Crippen molar-refractivity contribution in [3.8, 4) is 0 Å². The van der Waals surface area contributed by atoms with E-state index in [1.165, 1.54) is 0 Å². The van der Waals surface area contributed by atoms with Gasteiger partial charge in [-0.2, -0.15) is 0 Å². The molecule has 0 amide bonds. The molecule has 0 fully saturated rings. The maximum Gasteiger partial charge on any atom is 0.223 e. The number of rotatable bonds is 12. The van der Waals surface area contributed by atoms with Crippen LogP contribution in [0, 0.1) is 22.0 Å². The highest BCUT2D eigenvalue weighted by Gasteiger charge is 2.41. The summed E-state index contributed by atoms with van der Waals surface area (Å²) in [7, 11) is 1.59. The van der Waals surface area contributed by atoms with E-state index in [4.69, 9.17) is 9.47 Å². The van der Waals surface area contributed by atoms with Crippen molar-refractivity contribution in [2.24, 2.45) is 11.8 Å². The number of hydrogen-bond acceptors (Lipinski definition) is 5. The number of methoxy groups -OCH3 is 1. The Kier molecular flexibility index (Phi) is 9.26. The van der Waals surface area contributed by atoms with Gasteiger partial charge in [0.1, 0.15) is 11.9 Å². The molecule has 27 heavy (non-hydrogen) atoms. The van der Waals surface area contributed by atoms with Crippen LogP contribution in [0.4, 0.5) is 0 Å². The smallest absolute Gasteiger partial charge is 0.223 e. The minimum Gasteiger partial charge on any atom is -0.501 e. The minimum absolute atomic E-state index is 0.0196. The van der Waals surface area contributed by atoms with Crippen molar-refractivity contribution < 1.29 is 19.2 Å². The molecular weight excluding hydrogens is 346 g/mol. The maximum absolute atomic E-state index is 11.5. The number of Topliss-reactive ketones (excluding diaryl/α,β-unsaturated/α-hetero) is 1. The van der Waals surface area contributed by atoms with Crippen molar-refractivity contribution in [3.05, 3.63) is 46.4 Å². The average Bonchev–Trinajstić information content (AvgIpc) is 2.63. The van der Waals surface area contributed by atoms with Crippen LogP contribution in [0.5, 0.6) is 0 Å². The number of ketones is 1. The van der Waals surface area contributed by atoms with E-state index in [0.29, 0.717) is 44.3 Å². The van der Waals surface area contributed by atoms with Gasteiger partial charge < -0.3 is 9.47 Å². The quantitative estimate of drug-likeness (QED) is 0.210. The van der Waals surface area contributed by atoms with Crippen molar-refractivity contribution in [2.45, 2.75) is 71.4 Å². The van der Waals surface area contributed by atoms with Gasteiger partial charge in [-0.3, -0.25) is 14.9 Å². The Balaban J connectivity index is 2.59. The summed E-state index contributed by atoms with van der Waals surface area (Å²) in [5.41, 5.74) is 0.991. The fourth-order valence-electron chi connectivity index (χ4n) is 3.38. The van der Waals surface area contributed by atoms with E-state index >= 15 is 0 Å². The molecule has 0 aromatic rings. The van der Waals surface area contributed by atoms with Gasteiger partial charge in [-0.15, -0.1) is 0 Å². The van der Waals surface area contributed by atoms with E-state index in [0.717, 1.165) is 11.3 Å². The van der Waals surface area contributed by atoms with Crippen LogP contribution < -0.4 is 0 Å². The third-order valence-electron chi connectivity index (χ3n) is 5.19. The summed E-state index contributed by atoms with van der Waals surface area (Å²) in [4.78, 5) is 22.6. The van der Waals surface area contributed by atoms with E-state index in [1.54, 1.807) is 7.11 Å². The molecule has 6 heteroatoms. The first-order chi connectivity index (χ1) is 12.7. The summed E-state index contributed by atoms with van der Waals surface area (Å²) in [5, 5.41) is 11.5. The molecule has 0 aliphatic heterocycles. The molecule has 0 aromatic heterocycles. The summed E-state index contributed by atoms with van der Waals surface area (Å²) in [5.74, 6) is 1.24. The molecule has 1 aliphatic carbocycles. The van der Waals surface area contributed by atoms with Crippen LogP contribution in [0.2, 0.25) is 0 Å². The van der Waals surface area contributed by atoms with Crippen molar-refractivity contribution in [1.82, 2.24) is 0 Å². The number of nitro groups is 1. The van der Waals surface area contributed by atoms with Crippen LogP contribution in [0.25, 0.3) is 0 Å². The summed E-state index contributed by atoms with van der Waals surface area (Å²) in [6, 6.07) is -0.697. The van der Waals surface area contributed by atoms with Crippen LogP contribution >= 0.6 is 0 Å². The molecule has 4 unspecified atom stereocenters. The second-order valence-corrected chi connectivity index (χ2v) is 7.34. The third kappa shape index (κ3) is 7.19. The lowest BCUT2D eigenvalue weighted by Gasteiger charge is -2.32. The van der Waals surface area contributed by atoms with Gasteiger partial charge in [-0.1, -0.05) is 32.6 Å². The first kappa shape index (κ1) is 22.9. The largest absolute Gasteiger partial charge is 0.501 e. The fraction of sp³-hybridized carbons (Fsp3) is 0.667. The second-order valence-electron chi connectivity index (χ2n) is 7.34. The van der Waals surface area contributed by atoms with Crippen LogP contribution in [0.3, 0.4) is 0 Å². The van der Waals surface area contributed by atoms with Gasteiger partial charge in [0, 0.05) is 36.5 Å². The highest BCUT2D eigenvalue weighted by atomic mass is 16.6. The average molecular weight is 379 g/mol. The SMILES string of the molecule is C=C(CCC(=C)OC(C)C1C=C(OC)C(C)CC1[N+](=O)[O-])CCC(=O)CC. The molecule has 0 N–H and O–H groups in total. The molecule has 0 saturated carbocycles. The molecule has 0 saturated heterocycles. The van der Waals surface area contributed by atoms with Gasteiger partial charge in [0.25, 0.3) is 0 Å². The van der Waals surface area contributed by atoms with Crippen LogP contribution in [0.1, 0.15) is 59.3 Å². The lowest BCUT2D eigenvalue weighted by atomic mass is 9.81. The Morgan fingerprint density at radius 2 is 1.96 bits per heavy atom.